The molecular weight excluding hydrogens is 120 g/mol. The maximum absolute atomic E-state index is 5.25. The second-order valence-corrected chi connectivity index (χ2v) is 2.52. The lowest BCUT2D eigenvalue weighted by Gasteiger charge is -2.09. The Hall–Kier alpha value is -0.540. The lowest BCUT2D eigenvalue weighted by atomic mass is 10.1. The predicted molar refractivity (Wildman–Crippen MR) is 27.2 cm³/mol. The average molecular weight is 126 g/mol. The standard InChI is InChI=1S/C6H6O3/c1-2-7-5-3(1)4-6(8-4)9-5/h1-6H/t3-,4-,5+,6+/m1/s1. The quantitative estimate of drug-likeness (QED) is 0.435. The van der Waals surface area contributed by atoms with Crippen LogP contribution in [0.4, 0.5) is 0 Å². The smallest absolute Gasteiger partial charge is 0.210 e. The second-order valence-electron chi connectivity index (χ2n) is 2.52. The summed E-state index contributed by atoms with van der Waals surface area (Å²) in [7, 11) is 0. The Morgan fingerprint density at radius 3 is 3.00 bits per heavy atom. The lowest BCUT2D eigenvalue weighted by molar-refractivity contribution is -0.136. The highest BCUT2D eigenvalue weighted by Crippen LogP contribution is 2.45. The van der Waals surface area contributed by atoms with Gasteiger partial charge >= 0.3 is 0 Å². The number of ether oxygens (including phenoxy) is 3. The number of fused-ring (bicyclic) bond motifs is 3. The molecule has 0 bridgehead atoms. The van der Waals surface area contributed by atoms with Gasteiger partial charge in [-0.1, -0.05) is 0 Å². The lowest BCUT2D eigenvalue weighted by Crippen LogP contribution is -2.16. The first kappa shape index (κ1) is 4.30. The van der Waals surface area contributed by atoms with Crippen LogP contribution in [0.25, 0.3) is 0 Å². The van der Waals surface area contributed by atoms with E-state index in [1.165, 1.54) is 0 Å². The van der Waals surface area contributed by atoms with Gasteiger partial charge in [0.2, 0.25) is 6.29 Å². The van der Waals surface area contributed by atoms with Gasteiger partial charge in [0.25, 0.3) is 0 Å². The predicted octanol–water partition coefficient (Wildman–Crippen LogP) is 0.228. The maximum Gasteiger partial charge on any atom is 0.210 e. The summed E-state index contributed by atoms with van der Waals surface area (Å²) >= 11 is 0. The molecule has 0 aromatic heterocycles. The van der Waals surface area contributed by atoms with Crippen LogP contribution in [0.3, 0.4) is 0 Å². The summed E-state index contributed by atoms with van der Waals surface area (Å²) in [5.41, 5.74) is 0. The van der Waals surface area contributed by atoms with Gasteiger partial charge < -0.3 is 14.2 Å². The molecule has 3 rings (SSSR count). The third-order valence-electron chi connectivity index (χ3n) is 1.96. The van der Waals surface area contributed by atoms with E-state index >= 15 is 0 Å². The number of hydrogen-bond donors (Lipinski definition) is 0. The largest absolute Gasteiger partial charge is 0.472 e. The van der Waals surface area contributed by atoms with Gasteiger partial charge in [-0.15, -0.1) is 0 Å². The third-order valence-corrected chi connectivity index (χ3v) is 1.96. The molecular formula is C6H6O3. The second kappa shape index (κ2) is 1.15. The molecule has 3 aliphatic rings. The van der Waals surface area contributed by atoms with Crippen molar-refractivity contribution in [3.63, 3.8) is 0 Å². The fraction of sp³-hybridized carbons (Fsp3) is 0.667. The summed E-state index contributed by atoms with van der Waals surface area (Å²) < 4.78 is 15.5. The van der Waals surface area contributed by atoms with Crippen molar-refractivity contribution in [3.05, 3.63) is 12.3 Å². The van der Waals surface area contributed by atoms with Crippen molar-refractivity contribution in [3.8, 4) is 0 Å². The molecule has 3 aliphatic heterocycles. The summed E-state index contributed by atoms with van der Waals surface area (Å²) in [4.78, 5) is 0. The molecule has 0 N–H and O–H groups in total. The van der Waals surface area contributed by atoms with Crippen LogP contribution >= 0.6 is 0 Å². The fourth-order valence-electron chi connectivity index (χ4n) is 1.41. The Morgan fingerprint density at radius 2 is 2.11 bits per heavy atom. The molecule has 0 unspecified atom stereocenters. The van der Waals surface area contributed by atoms with Crippen molar-refractivity contribution >= 4 is 0 Å². The zero-order valence-corrected chi connectivity index (χ0v) is 4.69. The van der Waals surface area contributed by atoms with Crippen LogP contribution in [0.5, 0.6) is 0 Å². The van der Waals surface area contributed by atoms with Crippen molar-refractivity contribution in [1.29, 1.82) is 0 Å². The molecule has 0 aromatic carbocycles. The SMILES string of the molecule is C1=C[C@H]2[C@@H](O1)O[C@@H]1O[C@@H]12. The Bertz CT molecular complexity index is 177. The van der Waals surface area contributed by atoms with Gasteiger partial charge in [0.05, 0.1) is 12.2 Å². The number of epoxide rings is 1. The Kier molecular flexibility index (Phi) is 0.549. The summed E-state index contributed by atoms with van der Waals surface area (Å²) in [6.45, 7) is 0. The minimum atomic E-state index is -0.0336. The van der Waals surface area contributed by atoms with Crippen LogP contribution in [0.2, 0.25) is 0 Å². The van der Waals surface area contributed by atoms with E-state index in [0.29, 0.717) is 12.0 Å². The number of hydrogen-bond acceptors (Lipinski definition) is 3. The van der Waals surface area contributed by atoms with Gasteiger partial charge in [-0.05, 0) is 6.08 Å². The van der Waals surface area contributed by atoms with E-state index in [1.807, 2.05) is 6.08 Å². The molecule has 3 heterocycles. The molecule has 0 aliphatic carbocycles. The highest BCUT2D eigenvalue weighted by atomic mass is 16.8. The van der Waals surface area contributed by atoms with Gasteiger partial charge in [0, 0.05) is 0 Å². The minimum Gasteiger partial charge on any atom is -0.472 e. The van der Waals surface area contributed by atoms with Crippen molar-refractivity contribution in [2.75, 3.05) is 0 Å². The Balaban J connectivity index is 1.95. The van der Waals surface area contributed by atoms with E-state index in [4.69, 9.17) is 14.2 Å². The van der Waals surface area contributed by atoms with E-state index in [-0.39, 0.29) is 12.6 Å². The normalized spacial score (nSPS) is 58.7. The van der Waals surface area contributed by atoms with Crippen molar-refractivity contribution in [1.82, 2.24) is 0 Å². The van der Waals surface area contributed by atoms with Crippen molar-refractivity contribution < 1.29 is 14.2 Å². The summed E-state index contributed by atoms with van der Waals surface area (Å²) in [6.07, 6.45) is 4.00. The first-order chi connectivity index (χ1) is 4.45. The van der Waals surface area contributed by atoms with Crippen LogP contribution in [0, 0.1) is 5.92 Å². The molecule has 2 saturated heterocycles. The highest BCUT2D eigenvalue weighted by molar-refractivity contribution is 5.06. The van der Waals surface area contributed by atoms with Gasteiger partial charge in [-0.2, -0.15) is 0 Å². The van der Waals surface area contributed by atoms with E-state index in [1.54, 1.807) is 6.26 Å². The monoisotopic (exact) mass is 126 g/mol. The number of rotatable bonds is 0. The maximum atomic E-state index is 5.25. The van der Waals surface area contributed by atoms with E-state index in [9.17, 15) is 0 Å². The molecule has 4 atom stereocenters. The van der Waals surface area contributed by atoms with Crippen LogP contribution < -0.4 is 0 Å². The van der Waals surface area contributed by atoms with Crippen LogP contribution in [0.15, 0.2) is 12.3 Å². The molecule has 3 nitrogen and oxygen atoms in total. The zero-order valence-electron chi connectivity index (χ0n) is 4.69. The molecule has 9 heavy (non-hydrogen) atoms. The highest BCUT2D eigenvalue weighted by Gasteiger charge is 2.58. The topological polar surface area (TPSA) is 31.0 Å². The minimum absolute atomic E-state index is 0.0336. The van der Waals surface area contributed by atoms with Gasteiger partial charge in [0.1, 0.15) is 6.10 Å². The fourth-order valence-corrected chi connectivity index (χ4v) is 1.41. The molecule has 2 fully saturated rings. The van der Waals surface area contributed by atoms with E-state index in [2.05, 4.69) is 0 Å². The van der Waals surface area contributed by atoms with Crippen LogP contribution in [0.1, 0.15) is 0 Å². The average Bonchev–Trinajstić information content (AvgIpc) is 2.38. The van der Waals surface area contributed by atoms with Crippen LogP contribution in [-0.2, 0) is 14.2 Å². The van der Waals surface area contributed by atoms with Gasteiger partial charge in [-0.3, -0.25) is 0 Å². The van der Waals surface area contributed by atoms with E-state index in [0.717, 1.165) is 0 Å². The molecule has 0 amide bonds. The molecule has 0 spiro atoms. The van der Waals surface area contributed by atoms with Gasteiger partial charge in [0.15, 0.2) is 6.29 Å². The summed E-state index contributed by atoms with van der Waals surface area (Å²) in [5, 5.41) is 0. The molecule has 0 saturated carbocycles. The summed E-state index contributed by atoms with van der Waals surface area (Å²) in [6, 6.07) is 0. The van der Waals surface area contributed by atoms with Crippen LogP contribution in [-0.4, -0.2) is 18.7 Å². The zero-order chi connectivity index (χ0) is 5.84. The summed E-state index contributed by atoms with van der Waals surface area (Å²) in [5.74, 6) is 0.370. The van der Waals surface area contributed by atoms with Crippen molar-refractivity contribution in [2.24, 2.45) is 5.92 Å². The molecule has 0 radical (unpaired) electrons. The van der Waals surface area contributed by atoms with Crippen molar-refractivity contribution in [2.45, 2.75) is 18.7 Å². The third kappa shape index (κ3) is 0.404. The molecule has 3 heteroatoms. The molecule has 48 valence electrons. The first-order valence-corrected chi connectivity index (χ1v) is 3.08. The Morgan fingerprint density at radius 1 is 1.11 bits per heavy atom. The van der Waals surface area contributed by atoms with E-state index < -0.39 is 0 Å². The van der Waals surface area contributed by atoms with Gasteiger partial charge in [-0.25, -0.2) is 0 Å². The molecule has 0 aromatic rings. The first-order valence-electron chi connectivity index (χ1n) is 3.08. The Labute approximate surface area is 52.2 Å².